The van der Waals surface area contributed by atoms with Gasteiger partial charge in [-0.2, -0.15) is 0 Å². The molecular formula is C11H17NO3S. The Morgan fingerprint density at radius 1 is 1.44 bits per heavy atom. The lowest BCUT2D eigenvalue weighted by Gasteiger charge is -2.12. The van der Waals surface area contributed by atoms with Gasteiger partial charge < -0.3 is 5.11 Å². The quantitative estimate of drug-likeness (QED) is 0.821. The highest BCUT2D eigenvalue weighted by atomic mass is 32.2. The van der Waals surface area contributed by atoms with E-state index in [1.807, 2.05) is 13.0 Å². The molecule has 2 N–H and O–H groups in total. The molecule has 0 saturated heterocycles. The Labute approximate surface area is 96.4 Å². The van der Waals surface area contributed by atoms with E-state index in [0.717, 1.165) is 12.0 Å². The van der Waals surface area contributed by atoms with Crippen LogP contribution in [0.3, 0.4) is 0 Å². The van der Waals surface area contributed by atoms with Crippen LogP contribution in [-0.2, 0) is 16.4 Å². The average Bonchev–Trinajstić information content (AvgIpc) is 2.27. The van der Waals surface area contributed by atoms with Crippen molar-refractivity contribution in [3.05, 3.63) is 29.8 Å². The van der Waals surface area contributed by atoms with E-state index in [0.29, 0.717) is 5.69 Å². The van der Waals surface area contributed by atoms with Crippen molar-refractivity contribution in [1.29, 1.82) is 0 Å². The third kappa shape index (κ3) is 3.21. The van der Waals surface area contributed by atoms with Gasteiger partial charge in [0.15, 0.2) is 0 Å². The van der Waals surface area contributed by atoms with Crippen LogP contribution in [0.2, 0.25) is 0 Å². The predicted octanol–water partition coefficient (Wildman–Crippen LogP) is 1.37. The van der Waals surface area contributed by atoms with Gasteiger partial charge in [-0.05, 0) is 31.0 Å². The monoisotopic (exact) mass is 243 g/mol. The smallest absolute Gasteiger partial charge is 0.237 e. The molecule has 90 valence electrons. The number of hydrogen-bond acceptors (Lipinski definition) is 3. The Hall–Kier alpha value is -1.07. The Morgan fingerprint density at radius 3 is 2.69 bits per heavy atom. The van der Waals surface area contributed by atoms with Crippen molar-refractivity contribution in [2.75, 3.05) is 11.3 Å². The number of anilines is 1. The predicted molar refractivity (Wildman–Crippen MR) is 64.9 cm³/mol. The molecule has 1 aromatic carbocycles. The molecule has 0 fully saturated rings. The summed E-state index contributed by atoms with van der Waals surface area (Å²) in [7, 11) is -3.49. The molecule has 0 aliphatic rings. The van der Waals surface area contributed by atoms with Crippen molar-refractivity contribution in [2.45, 2.75) is 25.5 Å². The molecule has 0 heterocycles. The van der Waals surface area contributed by atoms with Crippen LogP contribution in [0.5, 0.6) is 0 Å². The van der Waals surface area contributed by atoms with Gasteiger partial charge >= 0.3 is 0 Å². The van der Waals surface area contributed by atoms with Gasteiger partial charge in [0.2, 0.25) is 10.0 Å². The third-order valence-corrected chi connectivity index (χ3v) is 4.11. The first kappa shape index (κ1) is 13.0. The molecule has 0 bridgehead atoms. The van der Waals surface area contributed by atoms with Gasteiger partial charge in [0.1, 0.15) is 5.25 Å². The van der Waals surface area contributed by atoms with Gasteiger partial charge in [0.05, 0.1) is 6.61 Å². The standard InChI is InChI=1S/C11H17NO3S/c1-3-10-5-4-6-11(7-10)12-16(14,15)9(2)8-13/h4-7,9,12-13H,3,8H2,1-2H3. The lowest BCUT2D eigenvalue weighted by atomic mass is 10.1. The molecular weight excluding hydrogens is 226 g/mol. The molecule has 0 saturated carbocycles. The molecule has 0 aliphatic heterocycles. The Bertz CT molecular complexity index is 442. The zero-order valence-corrected chi connectivity index (χ0v) is 10.3. The number of sulfonamides is 1. The van der Waals surface area contributed by atoms with Crippen LogP contribution in [0.25, 0.3) is 0 Å². The summed E-state index contributed by atoms with van der Waals surface area (Å²) >= 11 is 0. The van der Waals surface area contributed by atoms with E-state index in [1.54, 1.807) is 18.2 Å². The van der Waals surface area contributed by atoms with Crippen molar-refractivity contribution in [3.63, 3.8) is 0 Å². The van der Waals surface area contributed by atoms with Crippen molar-refractivity contribution in [1.82, 2.24) is 0 Å². The fourth-order valence-electron chi connectivity index (χ4n) is 1.22. The second-order valence-electron chi connectivity index (χ2n) is 3.69. The molecule has 1 atom stereocenters. The number of aryl methyl sites for hydroxylation is 1. The van der Waals surface area contributed by atoms with Gasteiger partial charge in [-0.15, -0.1) is 0 Å². The zero-order valence-electron chi connectivity index (χ0n) is 9.47. The summed E-state index contributed by atoms with van der Waals surface area (Å²) in [5, 5.41) is 8.02. The Balaban J connectivity index is 2.88. The number of hydrogen-bond donors (Lipinski definition) is 2. The van der Waals surface area contributed by atoms with E-state index in [-0.39, 0.29) is 6.61 Å². The van der Waals surface area contributed by atoms with E-state index >= 15 is 0 Å². The van der Waals surface area contributed by atoms with Gasteiger partial charge in [-0.3, -0.25) is 4.72 Å². The molecule has 0 amide bonds. The first-order valence-corrected chi connectivity index (χ1v) is 6.75. The van der Waals surface area contributed by atoms with E-state index in [2.05, 4.69) is 4.72 Å². The van der Waals surface area contributed by atoms with Crippen LogP contribution >= 0.6 is 0 Å². The summed E-state index contributed by atoms with van der Waals surface area (Å²) in [6.45, 7) is 3.08. The number of nitrogens with one attached hydrogen (secondary N) is 1. The zero-order chi connectivity index (χ0) is 12.2. The Morgan fingerprint density at radius 2 is 2.12 bits per heavy atom. The van der Waals surface area contributed by atoms with E-state index in [1.165, 1.54) is 6.92 Å². The summed E-state index contributed by atoms with van der Waals surface area (Å²) in [4.78, 5) is 0. The summed E-state index contributed by atoms with van der Waals surface area (Å²) in [5.74, 6) is 0. The topological polar surface area (TPSA) is 66.4 Å². The van der Waals surface area contributed by atoms with Crippen molar-refractivity contribution >= 4 is 15.7 Å². The lowest BCUT2D eigenvalue weighted by Crippen LogP contribution is -2.28. The molecule has 4 nitrogen and oxygen atoms in total. The second kappa shape index (κ2) is 5.32. The first-order chi connectivity index (χ1) is 7.49. The van der Waals surface area contributed by atoms with Gasteiger partial charge in [0.25, 0.3) is 0 Å². The SMILES string of the molecule is CCc1cccc(NS(=O)(=O)C(C)CO)c1. The molecule has 5 heteroatoms. The van der Waals surface area contributed by atoms with Crippen LogP contribution < -0.4 is 4.72 Å². The highest BCUT2D eigenvalue weighted by Gasteiger charge is 2.19. The molecule has 0 radical (unpaired) electrons. The third-order valence-electron chi connectivity index (χ3n) is 2.38. The minimum Gasteiger partial charge on any atom is -0.395 e. The van der Waals surface area contributed by atoms with Crippen LogP contribution in [-0.4, -0.2) is 25.4 Å². The van der Waals surface area contributed by atoms with Gasteiger partial charge in [-0.25, -0.2) is 8.42 Å². The molecule has 0 aliphatic carbocycles. The fraction of sp³-hybridized carbons (Fsp3) is 0.455. The lowest BCUT2D eigenvalue weighted by molar-refractivity contribution is 0.296. The Kier molecular flexibility index (Phi) is 4.32. The number of benzene rings is 1. The molecule has 1 rings (SSSR count). The minimum absolute atomic E-state index is 0.386. The first-order valence-electron chi connectivity index (χ1n) is 5.21. The van der Waals surface area contributed by atoms with Gasteiger partial charge in [-0.1, -0.05) is 19.1 Å². The molecule has 0 spiro atoms. The number of rotatable bonds is 5. The molecule has 0 aromatic heterocycles. The maximum Gasteiger partial charge on any atom is 0.237 e. The van der Waals surface area contributed by atoms with Crippen LogP contribution in [0.4, 0.5) is 5.69 Å². The van der Waals surface area contributed by atoms with E-state index in [9.17, 15) is 8.42 Å². The average molecular weight is 243 g/mol. The van der Waals surface area contributed by atoms with Crippen molar-refractivity contribution < 1.29 is 13.5 Å². The van der Waals surface area contributed by atoms with Gasteiger partial charge in [0, 0.05) is 5.69 Å². The van der Waals surface area contributed by atoms with Crippen LogP contribution in [0.1, 0.15) is 19.4 Å². The second-order valence-corrected chi connectivity index (χ2v) is 5.79. The van der Waals surface area contributed by atoms with Crippen LogP contribution in [0.15, 0.2) is 24.3 Å². The summed E-state index contributed by atoms with van der Waals surface area (Å²) < 4.78 is 25.8. The minimum atomic E-state index is -3.49. The molecule has 1 unspecified atom stereocenters. The summed E-state index contributed by atoms with van der Waals surface area (Å²) in [6.07, 6.45) is 0.852. The van der Waals surface area contributed by atoms with E-state index < -0.39 is 15.3 Å². The van der Waals surface area contributed by atoms with Crippen molar-refractivity contribution in [3.8, 4) is 0 Å². The maximum atomic E-state index is 11.7. The van der Waals surface area contributed by atoms with E-state index in [4.69, 9.17) is 5.11 Å². The normalized spacial score (nSPS) is 13.4. The summed E-state index contributed by atoms with van der Waals surface area (Å²) in [6, 6.07) is 7.23. The number of aliphatic hydroxyl groups excluding tert-OH is 1. The molecule has 16 heavy (non-hydrogen) atoms. The largest absolute Gasteiger partial charge is 0.395 e. The molecule has 1 aromatic rings. The number of aliphatic hydroxyl groups is 1. The van der Waals surface area contributed by atoms with Crippen LogP contribution in [0, 0.1) is 0 Å². The fourth-order valence-corrected chi connectivity index (χ4v) is 2.07. The summed E-state index contributed by atoms with van der Waals surface area (Å²) in [5.41, 5.74) is 1.61. The highest BCUT2D eigenvalue weighted by Crippen LogP contribution is 2.14. The highest BCUT2D eigenvalue weighted by molar-refractivity contribution is 7.93. The maximum absolute atomic E-state index is 11.7. The van der Waals surface area contributed by atoms with Crippen molar-refractivity contribution in [2.24, 2.45) is 0 Å².